The molecule has 1 aliphatic carbocycles. The molecule has 0 bridgehead atoms. The summed E-state index contributed by atoms with van der Waals surface area (Å²) >= 11 is 0. The van der Waals surface area contributed by atoms with Crippen LogP contribution in [0.25, 0.3) is 0 Å². The second kappa shape index (κ2) is 11.0. The van der Waals surface area contributed by atoms with E-state index in [0.29, 0.717) is 13.2 Å². The van der Waals surface area contributed by atoms with E-state index in [1.807, 2.05) is 30.3 Å². The van der Waals surface area contributed by atoms with Crippen molar-refractivity contribution in [3.05, 3.63) is 65.7 Å². The molecule has 3 rings (SSSR count). The maximum atomic E-state index is 12.2. The van der Waals surface area contributed by atoms with Gasteiger partial charge in [0.05, 0.1) is 0 Å². The molecule has 146 valence electrons. The van der Waals surface area contributed by atoms with Crippen molar-refractivity contribution >= 4 is 18.3 Å². The number of nitrogens with one attached hydrogen (secondary N) is 1. The van der Waals surface area contributed by atoms with Crippen molar-refractivity contribution in [3.63, 3.8) is 0 Å². The van der Waals surface area contributed by atoms with Crippen LogP contribution in [0.1, 0.15) is 36.8 Å². The van der Waals surface area contributed by atoms with Gasteiger partial charge in [0.25, 0.3) is 0 Å². The summed E-state index contributed by atoms with van der Waals surface area (Å²) in [4.78, 5) is 12.2. The molecule has 1 aliphatic rings. The molecule has 0 radical (unpaired) electrons. The second-order valence-electron chi connectivity index (χ2n) is 7.08. The number of halogens is 1. The summed E-state index contributed by atoms with van der Waals surface area (Å²) in [6, 6.07) is 18.4. The quantitative estimate of drug-likeness (QED) is 0.756. The number of hydrogen-bond donors (Lipinski definition) is 2. The predicted octanol–water partition coefficient (Wildman–Crippen LogP) is 3.86. The lowest BCUT2D eigenvalue weighted by atomic mass is 9.85. The third-order valence-electron chi connectivity index (χ3n) is 4.97. The fourth-order valence-electron chi connectivity index (χ4n) is 3.43. The molecule has 3 N–H and O–H groups in total. The maximum absolute atomic E-state index is 12.2. The van der Waals surface area contributed by atoms with E-state index in [1.165, 1.54) is 5.56 Å². The lowest BCUT2D eigenvalue weighted by Crippen LogP contribution is -2.38. The summed E-state index contributed by atoms with van der Waals surface area (Å²) in [6.45, 7) is 1.23. The highest BCUT2D eigenvalue weighted by Gasteiger charge is 2.24. The van der Waals surface area contributed by atoms with Crippen LogP contribution in [0.3, 0.4) is 0 Å². The molecule has 1 fully saturated rings. The lowest BCUT2D eigenvalue weighted by Gasteiger charge is -2.25. The molecule has 2 atom stereocenters. The number of benzene rings is 2. The van der Waals surface area contributed by atoms with Gasteiger partial charge in [-0.2, -0.15) is 0 Å². The summed E-state index contributed by atoms with van der Waals surface area (Å²) in [5.41, 5.74) is 8.31. The SMILES string of the molecule is Cl.NC1CCCC(C(=O)NCCc2ccc(OCc3ccccc3)cc2)C1. The highest BCUT2D eigenvalue weighted by Crippen LogP contribution is 2.23. The number of hydrogen-bond acceptors (Lipinski definition) is 3. The third kappa shape index (κ3) is 6.89. The molecular formula is C22H29ClN2O2. The zero-order valence-electron chi connectivity index (χ0n) is 15.6. The molecule has 0 heterocycles. The number of ether oxygens (including phenoxy) is 1. The van der Waals surface area contributed by atoms with Gasteiger partial charge in [-0.3, -0.25) is 4.79 Å². The van der Waals surface area contributed by atoms with Gasteiger partial charge in [-0.05, 0) is 48.9 Å². The van der Waals surface area contributed by atoms with Crippen LogP contribution in [0, 0.1) is 5.92 Å². The van der Waals surface area contributed by atoms with E-state index < -0.39 is 0 Å². The zero-order chi connectivity index (χ0) is 18.2. The topological polar surface area (TPSA) is 64.4 Å². The van der Waals surface area contributed by atoms with E-state index in [1.54, 1.807) is 0 Å². The van der Waals surface area contributed by atoms with Gasteiger partial charge in [-0.1, -0.05) is 48.9 Å². The number of nitrogens with two attached hydrogens (primary N) is 1. The molecular weight excluding hydrogens is 360 g/mol. The van der Waals surface area contributed by atoms with Crippen molar-refractivity contribution in [2.24, 2.45) is 11.7 Å². The van der Waals surface area contributed by atoms with Crippen LogP contribution >= 0.6 is 12.4 Å². The Morgan fingerprint density at radius 3 is 2.48 bits per heavy atom. The minimum atomic E-state index is 0. The van der Waals surface area contributed by atoms with Crippen molar-refractivity contribution < 1.29 is 9.53 Å². The molecule has 2 unspecified atom stereocenters. The summed E-state index contributed by atoms with van der Waals surface area (Å²) < 4.78 is 5.80. The molecule has 1 saturated carbocycles. The van der Waals surface area contributed by atoms with Gasteiger partial charge >= 0.3 is 0 Å². The highest BCUT2D eigenvalue weighted by atomic mass is 35.5. The Labute approximate surface area is 167 Å². The Balaban J connectivity index is 0.00000261. The van der Waals surface area contributed by atoms with Crippen LogP contribution in [0.2, 0.25) is 0 Å². The Bertz CT molecular complexity index is 691. The molecule has 0 aliphatic heterocycles. The monoisotopic (exact) mass is 388 g/mol. The smallest absolute Gasteiger partial charge is 0.223 e. The first-order valence-electron chi connectivity index (χ1n) is 9.49. The first-order chi connectivity index (χ1) is 12.7. The average molecular weight is 389 g/mol. The molecule has 2 aromatic carbocycles. The summed E-state index contributed by atoms with van der Waals surface area (Å²) in [5.74, 6) is 1.10. The minimum Gasteiger partial charge on any atom is -0.489 e. The van der Waals surface area contributed by atoms with Crippen LogP contribution in [0.15, 0.2) is 54.6 Å². The Hall–Kier alpha value is -2.04. The van der Waals surface area contributed by atoms with E-state index in [-0.39, 0.29) is 30.3 Å². The Morgan fingerprint density at radius 1 is 1.04 bits per heavy atom. The lowest BCUT2D eigenvalue weighted by molar-refractivity contribution is -0.126. The van der Waals surface area contributed by atoms with Gasteiger partial charge in [-0.15, -0.1) is 12.4 Å². The first kappa shape index (κ1) is 21.3. The minimum absolute atomic E-state index is 0. The Kier molecular flexibility index (Phi) is 8.62. The summed E-state index contributed by atoms with van der Waals surface area (Å²) in [5, 5.41) is 3.06. The van der Waals surface area contributed by atoms with E-state index in [9.17, 15) is 4.79 Å². The first-order valence-corrected chi connectivity index (χ1v) is 9.49. The molecule has 2 aromatic rings. The second-order valence-corrected chi connectivity index (χ2v) is 7.08. The standard InChI is InChI=1S/C22H28N2O2.ClH/c23-20-8-4-7-19(15-20)22(25)24-14-13-17-9-11-21(12-10-17)26-16-18-5-2-1-3-6-18;/h1-3,5-6,9-12,19-20H,4,7-8,13-16,23H2,(H,24,25);1H. The van der Waals surface area contributed by atoms with Crippen LogP contribution in [0.4, 0.5) is 0 Å². The molecule has 5 heteroatoms. The van der Waals surface area contributed by atoms with Gasteiger partial charge in [0.2, 0.25) is 5.91 Å². The summed E-state index contributed by atoms with van der Waals surface area (Å²) in [6.07, 6.45) is 4.71. The molecule has 0 aromatic heterocycles. The maximum Gasteiger partial charge on any atom is 0.223 e. The highest BCUT2D eigenvalue weighted by molar-refractivity contribution is 5.85. The van der Waals surface area contributed by atoms with Gasteiger partial charge in [0, 0.05) is 18.5 Å². The van der Waals surface area contributed by atoms with E-state index >= 15 is 0 Å². The number of carbonyl (C=O) groups is 1. The van der Waals surface area contributed by atoms with Crippen molar-refractivity contribution in [3.8, 4) is 5.75 Å². The van der Waals surface area contributed by atoms with Gasteiger partial charge < -0.3 is 15.8 Å². The largest absolute Gasteiger partial charge is 0.489 e. The predicted molar refractivity (Wildman–Crippen MR) is 111 cm³/mol. The fourth-order valence-corrected chi connectivity index (χ4v) is 3.43. The normalized spacial score (nSPS) is 19.0. The van der Waals surface area contributed by atoms with Gasteiger partial charge in [-0.25, -0.2) is 0 Å². The van der Waals surface area contributed by atoms with Crippen LogP contribution in [0.5, 0.6) is 5.75 Å². The van der Waals surface area contributed by atoms with Crippen molar-refractivity contribution in [1.82, 2.24) is 5.32 Å². The molecule has 0 saturated heterocycles. The van der Waals surface area contributed by atoms with Gasteiger partial charge in [0.1, 0.15) is 12.4 Å². The van der Waals surface area contributed by atoms with E-state index in [4.69, 9.17) is 10.5 Å². The molecule has 27 heavy (non-hydrogen) atoms. The number of amides is 1. The zero-order valence-corrected chi connectivity index (χ0v) is 16.4. The number of carbonyl (C=O) groups excluding carboxylic acids is 1. The third-order valence-corrected chi connectivity index (χ3v) is 4.97. The average Bonchev–Trinajstić information content (AvgIpc) is 2.68. The van der Waals surface area contributed by atoms with Gasteiger partial charge in [0.15, 0.2) is 0 Å². The van der Waals surface area contributed by atoms with Crippen LogP contribution in [-0.2, 0) is 17.8 Å². The van der Waals surface area contributed by atoms with Crippen molar-refractivity contribution in [2.75, 3.05) is 6.54 Å². The fraction of sp³-hybridized carbons (Fsp3) is 0.409. The van der Waals surface area contributed by atoms with Crippen LogP contribution in [-0.4, -0.2) is 18.5 Å². The Morgan fingerprint density at radius 2 is 1.78 bits per heavy atom. The van der Waals surface area contributed by atoms with Crippen molar-refractivity contribution in [2.45, 2.75) is 44.8 Å². The van der Waals surface area contributed by atoms with E-state index in [2.05, 4.69) is 29.6 Å². The number of rotatable bonds is 7. The molecule has 1 amide bonds. The molecule has 4 nitrogen and oxygen atoms in total. The van der Waals surface area contributed by atoms with Crippen LogP contribution < -0.4 is 15.8 Å². The van der Waals surface area contributed by atoms with Crippen molar-refractivity contribution in [1.29, 1.82) is 0 Å². The summed E-state index contributed by atoms with van der Waals surface area (Å²) in [7, 11) is 0. The van der Waals surface area contributed by atoms with E-state index in [0.717, 1.165) is 43.4 Å². The molecule has 0 spiro atoms.